The highest BCUT2D eigenvalue weighted by atomic mass is 16.4. The molecule has 0 aromatic carbocycles. The van der Waals surface area contributed by atoms with Crippen LogP contribution in [0, 0.1) is 11.8 Å². The fourth-order valence-electron chi connectivity index (χ4n) is 3.29. The first-order valence-corrected chi connectivity index (χ1v) is 7.41. The molecule has 1 heterocycles. The first kappa shape index (κ1) is 14.1. The summed E-state index contributed by atoms with van der Waals surface area (Å²) in [7, 11) is 0. The van der Waals surface area contributed by atoms with Gasteiger partial charge in [0.05, 0.1) is 5.92 Å². The average molecular weight is 264 g/mol. The number of carboxylic acid groups (broad SMARTS) is 1. The smallest absolute Gasteiger partial charge is 0.307 e. The van der Waals surface area contributed by atoms with Crippen LogP contribution in [0.15, 0.2) is 12.4 Å². The van der Waals surface area contributed by atoms with Crippen molar-refractivity contribution < 1.29 is 9.90 Å². The maximum absolute atomic E-state index is 11.5. The molecule has 1 fully saturated rings. The third-order valence-corrected chi connectivity index (χ3v) is 4.40. The molecule has 0 aliphatic heterocycles. The number of aromatic nitrogens is 2. The van der Waals surface area contributed by atoms with E-state index in [0.717, 1.165) is 44.5 Å². The van der Waals surface area contributed by atoms with Gasteiger partial charge in [0.25, 0.3) is 0 Å². The number of imidazole rings is 1. The summed E-state index contributed by atoms with van der Waals surface area (Å²) in [5.74, 6) is 0.781. The summed E-state index contributed by atoms with van der Waals surface area (Å²) in [6, 6.07) is 0. The maximum Gasteiger partial charge on any atom is 0.307 e. The lowest BCUT2D eigenvalue weighted by Crippen LogP contribution is -2.31. The van der Waals surface area contributed by atoms with Gasteiger partial charge in [0.15, 0.2) is 0 Å². The van der Waals surface area contributed by atoms with Crippen LogP contribution < -0.4 is 0 Å². The number of carbonyl (C=O) groups is 1. The van der Waals surface area contributed by atoms with Crippen LogP contribution in [0.25, 0.3) is 0 Å². The van der Waals surface area contributed by atoms with E-state index in [1.54, 1.807) is 6.20 Å². The summed E-state index contributed by atoms with van der Waals surface area (Å²) < 4.78 is 2.14. The molecule has 1 aliphatic rings. The zero-order valence-corrected chi connectivity index (χ0v) is 11.9. The third-order valence-electron chi connectivity index (χ3n) is 4.40. The van der Waals surface area contributed by atoms with Gasteiger partial charge in [-0.1, -0.05) is 20.3 Å². The molecule has 4 nitrogen and oxygen atoms in total. The fraction of sp³-hybridized carbons (Fsp3) is 0.733. The van der Waals surface area contributed by atoms with Crippen LogP contribution in [0.4, 0.5) is 0 Å². The molecular weight excluding hydrogens is 240 g/mol. The van der Waals surface area contributed by atoms with Gasteiger partial charge in [-0.25, -0.2) is 4.98 Å². The summed E-state index contributed by atoms with van der Waals surface area (Å²) in [6.07, 6.45) is 8.76. The van der Waals surface area contributed by atoms with E-state index in [4.69, 9.17) is 0 Å². The van der Waals surface area contributed by atoms with E-state index in [1.165, 1.54) is 0 Å². The molecule has 1 saturated carbocycles. The van der Waals surface area contributed by atoms with Crippen molar-refractivity contribution in [3.63, 3.8) is 0 Å². The second kappa shape index (κ2) is 6.22. The van der Waals surface area contributed by atoms with E-state index >= 15 is 0 Å². The minimum Gasteiger partial charge on any atom is -0.481 e. The van der Waals surface area contributed by atoms with Crippen LogP contribution in [0.5, 0.6) is 0 Å². The van der Waals surface area contributed by atoms with Crippen molar-refractivity contribution in [3.8, 4) is 0 Å². The summed E-state index contributed by atoms with van der Waals surface area (Å²) in [4.78, 5) is 15.9. The van der Waals surface area contributed by atoms with Crippen LogP contribution in [0.1, 0.15) is 57.7 Å². The van der Waals surface area contributed by atoms with Gasteiger partial charge in [0, 0.05) is 24.9 Å². The van der Waals surface area contributed by atoms with Crippen molar-refractivity contribution >= 4 is 5.97 Å². The van der Waals surface area contributed by atoms with Crippen molar-refractivity contribution in [2.45, 2.75) is 58.4 Å². The van der Waals surface area contributed by atoms with Gasteiger partial charge in [0.2, 0.25) is 0 Å². The molecule has 0 spiro atoms. The van der Waals surface area contributed by atoms with Crippen molar-refractivity contribution in [2.24, 2.45) is 11.8 Å². The Balaban J connectivity index is 2.25. The SMILES string of the molecule is CCCn1ccnc1C1CC(CC)CCC1C(=O)O. The lowest BCUT2D eigenvalue weighted by atomic mass is 9.72. The Kier molecular flexibility index (Phi) is 4.61. The third kappa shape index (κ3) is 2.99. The van der Waals surface area contributed by atoms with E-state index in [2.05, 4.69) is 23.4 Å². The molecule has 1 aromatic rings. The molecule has 19 heavy (non-hydrogen) atoms. The summed E-state index contributed by atoms with van der Waals surface area (Å²) in [6.45, 7) is 5.25. The van der Waals surface area contributed by atoms with Crippen molar-refractivity contribution in [1.82, 2.24) is 9.55 Å². The monoisotopic (exact) mass is 264 g/mol. The Morgan fingerprint density at radius 1 is 1.47 bits per heavy atom. The molecule has 106 valence electrons. The first-order valence-electron chi connectivity index (χ1n) is 7.41. The summed E-state index contributed by atoms with van der Waals surface area (Å²) in [5.41, 5.74) is 0. The highest BCUT2D eigenvalue weighted by molar-refractivity contribution is 5.71. The molecule has 4 heteroatoms. The lowest BCUT2D eigenvalue weighted by molar-refractivity contribution is -0.144. The van der Waals surface area contributed by atoms with E-state index in [9.17, 15) is 9.90 Å². The topological polar surface area (TPSA) is 55.1 Å². The first-order chi connectivity index (χ1) is 9.17. The molecule has 1 aromatic heterocycles. The summed E-state index contributed by atoms with van der Waals surface area (Å²) >= 11 is 0. The highest BCUT2D eigenvalue weighted by Crippen LogP contribution is 2.41. The van der Waals surface area contributed by atoms with Gasteiger partial charge in [0.1, 0.15) is 5.82 Å². The molecule has 2 rings (SSSR count). The van der Waals surface area contributed by atoms with Crippen LogP contribution in [0.2, 0.25) is 0 Å². The van der Waals surface area contributed by atoms with E-state index in [-0.39, 0.29) is 11.8 Å². The number of rotatable bonds is 5. The number of hydrogen-bond donors (Lipinski definition) is 1. The zero-order valence-electron chi connectivity index (χ0n) is 11.9. The van der Waals surface area contributed by atoms with Crippen molar-refractivity contribution in [3.05, 3.63) is 18.2 Å². The molecule has 3 atom stereocenters. The summed E-state index contributed by atoms with van der Waals surface area (Å²) in [5, 5.41) is 9.45. The normalized spacial score (nSPS) is 27.4. The zero-order chi connectivity index (χ0) is 13.8. The van der Waals surface area contributed by atoms with E-state index < -0.39 is 5.97 Å². The Morgan fingerprint density at radius 2 is 2.26 bits per heavy atom. The van der Waals surface area contributed by atoms with Gasteiger partial charge >= 0.3 is 5.97 Å². The van der Waals surface area contributed by atoms with Crippen LogP contribution in [-0.2, 0) is 11.3 Å². The van der Waals surface area contributed by atoms with E-state index in [1.807, 2.05) is 6.20 Å². The molecular formula is C15H24N2O2. The predicted molar refractivity (Wildman–Crippen MR) is 74.0 cm³/mol. The molecule has 1 N–H and O–H groups in total. The second-order valence-electron chi connectivity index (χ2n) is 5.62. The van der Waals surface area contributed by atoms with Gasteiger partial charge in [-0.3, -0.25) is 4.79 Å². The fourth-order valence-corrected chi connectivity index (χ4v) is 3.29. The average Bonchev–Trinajstić information content (AvgIpc) is 2.86. The number of nitrogens with zero attached hydrogens (tertiary/aromatic N) is 2. The molecule has 1 aliphatic carbocycles. The quantitative estimate of drug-likeness (QED) is 0.887. The van der Waals surface area contributed by atoms with Crippen LogP contribution in [0.3, 0.4) is 0 Å². The Morgan fingerprint density at radius 3 is 2.89 bits per heavy atom. The standard InChI is InChI=1S/C15H24N2O2/c1-3-8-17-9-7-16-14(17)13-10-11(4-2)5-6-12(13)15(18)19/h7,9,11-13H,3-6,8,10H2,1-2H3,(H,18,19). The van der Waals surface area contributed by atoms with Crippen LogP contribution in [-0.4, -0.2) is 20.6 Å². The molecule has 0 amide bonds. The van der Waals surface area contributed by atoms with Crippen molar-refractivity contribution in [2.75, 3.05) is 0 Å². The molecule has 0 bridgehead atoms. The number of aliphatic carboxylic acids is 1. The molecule has 0 radical (unpaired) electrons. The maximum atomic E-state index is 11.5. The van der Waals surface area contributed by atoms with Gasteiger partial charge in [-0.05, 0) is 31.6 Å². The Hall–Kier alpha value is -1.32. The largest absolute Gasteiger partial charge is 0.481 e. The number of aryl methyl sites for hydroxylation is 1. The predicted octanol–water partition coefficient (Wildman–Crippen LogP) is 3.29. The molecule has 0 saturated heterocycles. The number of carboxylic acids is 1. The highest BCUT2D eigenvalue weighted by Gasteiger charge is 2.37. The van der Waals surface area contributed by atoms with Gasteiger partial charge < -0.3 is 9.67 Å². The number of hydrogen-bond acceptors (Lipinski definition) is 2. The Labute approximate surface area is 114 Å². The Bertz CT molecular complexity index is 428. The second-order valence-corrected chi connectivity index (χ2v) is 5.62. The van der Waals surface area contributed by atoms with E-state index in [0.29, 0.717) is 5.92 Å². The van der Waals surface area contributed by atoms with Crippen molar-refractivity contribution in [1.29, 1.82) is 0 Å². The van der Waals surface area contributed by atoms with Gasteiger partial charge in [-0.15, -0.1) is 0 Å². The van der Waals surface area contributed by atoms with Gasteiger partial charge in [-0.2, -0.15) is 0 Å². The molecule has 3 unspecified atom stereocenters. The lowest BCUT2D eigenvalue weighted by Gasteiger charge is -2.33. The van der Waals surface area contributed by atoms with Crippen LogP contribution >= 0.6 is 0 Å². The minimum absolute atomic E-state index is 0.0812. The minimum atomic E-state index is -0.661.